The lowest BCUT2D eigenvalue weighted by molar-refractivity contribution is -0.136. The van der Waals surface area contributed by atoms with Gasteiger partial charge >= 0.3 is 0 Å². The number of carbonyl (C=O) groups excluding carboxylic acids is 2. The molecule has 0 aromatic rings. The third kappa shape index (κ3) is 7.97. The van der Waals surface area contributed by atoms with Crippen molar-refractivity contribution in [2.24, 2.45) is 0 Å². The van der Waals surface area contributed by atoms with E-state index in [2.05, 4.69) is 25.2 Å². The predicted octanol–water partition coefficient (Wildman–Crippen LogP) is 2.38. The maximum Gasteiger partial charge on any atom is 0.287 e. The lowest BCUT2D eigenvalue weighted by Gasteiger charge is -2.01. The van der Waals surface area contributed by atoms with Gasteiger partial charge in [0.2, 0.25) is 5.78 Å². The van der Waals surface area contributed by atoms with Crippen LogP contribution in [0.5, 0.6) is 0 Å². The Bertz CT molecular complexity index is 310. The van der Waals surface area contributed by atoms with Crippen molar-refractivity contribution in [3.05, 3.63) is 23.3 Å². The van der Waals surface area contributed by atoms with Crippen molar-refractivity contribution >= 4 is 11.7 Å². The zero-order chi connectivity index (χ0) is 12.6. The lowest BCUT2D eigenvalue weighted by atomic mass is 10.1. The average Bonchev–Trinajstić information content (AvgIpc) is 2.16. The molecule has 0 fully saturated rings. The Hall–Kier alpha value is -1.38. The van der Waals surface area contributed by atoms with Crippen molar-refractivity contribution < 1.29 is 9.59 Å². The summed E-state index contributed by atoms with van der Waals surface area (Å²) < 4.78 is 0. The Morgan fingerprint density at radius 1 is 1.06 bits per heavy atom. The van der Waals surface area contributed by atoms with Crippen LogP contribution in [-0.2, 0) is 9.59 Å². The molecule has 90 valence electrons. The molecule has 0 saturated heterocycles. The summed E-state index contributed by atoms with van der Waals surface area (Å²) in [5.41, 5.74) is 2.54. The summed E-state index contributed by atoms with van der Waals surface area (Å²) in [6.07, 6.45) is 6.14. The molecule has 3 heteroatoms. The van der Waals surface area contributed by atoms with Gasteiger partial charge < -0.3 is 5.32 Å². The monoisotopic (exact) mass is 223 g/mol. The molecule has 0 atom stereocenters. The number of hydrogen-bond donors (Lipinski definition) is 1. The molecule has 0 aromatic heterocycles. The van der Waals surface area contributed by atoms with E-state index in [0.29, 0.717) is 6.54 Å². The van der Waals surface area contributed by atoms with Crippen LogP contribution in [0.1, 0.15) is 40.5 Å². The molecule has 0 bridgehead atoms. The molecule has 0 saturated carbocycles. The molecule has 1 N–H and O–H groups in total. The normalized spacial score (nSPS) is 10.9. The van der Waals surface area contributed by atoms with E-state index in [1.165, 1.54) is 18.1 Å². The van der Waals surface area contributed by atoms with E-state index in [-0.39, 0.29) is 0 Å². The van der Waals surface area contributed by atoms with E-state index in [9.17, 15) is 9.59 Å². The molecule has 0 aliphatic heterocycles. The fourth-order valence-electron chi connectivity index (χ4n) is 1.13. The minimum Gasteiger partial charge on any atom is -0.346 e. The first-order chi connectivity index (χ1) is 7.43. The smallest absolute Gasteiger partial charge is 0.287 e. The van der Waals surface area contributed by atoms with E-state index >= 15 is 0 Å². The standard InChI is InChI=1S/C13H21NO2/c1-10(2)6-5-7-11(3)8-9-14-13(16)12(4)15/h6,8H,5,7,9H2,1-4H3,(H,14,16). The highest BCUT2D eigenvalue weighted by Gasteiger charge is 2.03. The maximum atomic E-state index is 10.9. The highest BCUT2D eigenvalue weighted by Crippen LogP contribution is 2.05. The highest BCUT2D eigenvalue weighted by atomic mass is 16.2. The fourth-order valence-corrected chi connectivity index (χ4v) is 1.13. The van der Waals surface area contributed by atoms with Crippen LogP contribution in [0, 0.1) is 0 Å². The van der Waals surface area contributed by atoms with E-state index in [4.69, 9.17) is 0 Å². The summed E-state index contributed by atoms with van der Waals surface area (Å²) in [6.45, 7) is 7.87. The number of hydrogen-bond acceptors (Lipinski definition) is 2. The van der Waals surface area contributed by atoms with Crippen LogP contribution < -0.4 is 5.32 Å². The zero-order valence-electron chi connectivity index (χ0n) is 10.6. The van der Waals surface area contributed by atoms with Crippen LogP contribution in [0.2, 0.25) is 0 Å². The van der Waals surface area contributed by atoms with Gasteiger partial charge in [0.25, 0.3) is 5.91 Å². The minimum absolute atomic E-state index is 0.430. The van der Waals surface area contributed by atoms with Crippen LogP contribution in [-0.4, -0.2) is 18.2 Å². The third-order valence-corrected chi connectivity index (χ3v) is 2.12. The fraction of sp³-hybridized carbons (Fsp3) is 0.538. The van der Waals surface area contributed by atoms with Crippen LogP contribution in [0.15, 0.2) is 23.3 Å². The van der Waals surface area contributed by atoms with E-state index in [1.807, 2.05) is 13.0 Å². The molecule has 0 spiro atoms. The topological polar surface area (TPSA) is 46.2 Å². The van der Waals surface area contributed by atoms with Gasteiger partial charge in [0.05, 0.1) is 0 Å². The molecule has 3 nitrogen and oxygen atoms in total. The predicted molar refractivity (Wildman–Crippen MR) is 66.1 cm³/mol. The Kier molecular flexibility index (Phi) is 7.18. The maximum absolute atomic E-state index is 10.9. The van der Waals surface area contributed by atoms with Crippen molar-refractivity contribution in [3.63, 3.8) is 0 Å². The van der Waals surface area contributed by atoms with Crippen LogP contribution in [0.25, 0.3) is 0 Å². The zero-order valence-corrected chi connectivity index (χ0v) is 10.6. The van der Waals surface area contributed by atoms with Crippen LogP contribution in [0.4, 0.5) is 0 Å². The molecular formula is C13H21NO2. The van der Waals surface area contributed by atoms with Crippen molar-refractivity contribution in [1.29, 1.82) is 0 Å². The average molecular weight is 223 g/mol. The van der Waals surface area contributed by atoms with Crippen molar-refractivity contribution in [3.8, 4) is 0 Å². The summed E-state index contributed by atoms with van der Waals surface area (Å²) >= 11 is 0. The first-order valence-electron chi connectivity index (χ1n) is 5.51. The second kappa shape index (κ2) is 7.85. The van der Waals surface area contributed by atoms with E-state index < -0.39 is 11.7 Å². The lowest BCUT2D eigenvalue weighted by Crippen LogP contribution is -2.29. The number of ketones is 1. The molecule has 0 heterocycles. The summed E-state index contributed by atoms with van der Waals surface area (Å²) in [6, 6.07) is 0. The second-order valence-electron chi connectivity index (χ2n) is 4.14. The molecule has 1 amide bonds. The van der Waals surface area contributed by atoms with Gasteiger partial charge in [0.15, 0.2) is 0 Å². The number of carbonyl (C=O) groups is 2. The van der Waals surface area contributed by atoms with E-state index in [1.54, 1.807) is 0 Å². The number of Topliss-reactive ketones (excluding diaryl/α,β-unsaturated/α-hetero) is 1. The number of nitrogens with one attached hydrogen (secondary N) is 1. The summed E-state index contributed by atoms with van der Waals surface area (Å²) in [7, 11) is 0. The first-order valence-corrected chi connectivity index (χ1v) is 5.51. The molecule has 16 heavy (non-hydrogen) atoms. The SMILES string of the molecule is CC(=O)C(=O)NCC=C(C)CCC=C(C)C. The summed E-state index contributed by atoms with van der Waals surface area (Å²) in [4.78, 5) is 21.6. The molecule has 0 rings (SSSR count). The van der Waals surface area contributed by atoms with Gasteiger partial charge in [-0.15, -0.1) is 0 Å². The van der Waals surface area contributed by atoms with Gasteiger partial charge in [-0.2, -0.15) is 0 Å². The van der Waals surface area contributed by atoms with Gasteiger partial charge in [0, 0.05) is 13.5 Å². The quantitative estimate of drug-likeness (QED) is 0.555. The minimum atomic E-state index is -0.520. The summed E-state index contributed by atoms with van der Waals surface area (Å²) in [5, 5.41) is 2.53. The first kappa shape index (κ1) is 14.6. The van der Waals surface area contributed by atoms with Crippen LogP contribution >= 0.6 is 0 Å². The molecule has 0 aliphatic carbocycles. The Balaban J connectivity index is 3.83. The molecule has 0 unspecified atom stereocenters. The number of allylic oxidation sites excluding steroid dienone is 3. The highest BCUT2D eigenvalue weighted by molar-refractivity contribution is 6.35. The van der Waals surface area contributed by atoms with Crippen molar-refractivity contribution in [1.82, 2.24) is 5.32 Å². The van der Waals surface area contributed by atoms with Gasteiger partial charge in [0.1, 0.15) is 0 Å². The van der Waals surface area contributed by atoms with Crippen LogP contribution in [0.3, 0.4) is 0 Å². The number of rotatable bonds is 6. The summed E-state index contributed by atoms with van der Waals surface area (Å²) in [5.74, 6) is -0.969. The Morgan fingerprint density at radius 2 is 1.69 bits per heavy atom. The van der Waals surface area contributed by atoms with Gasteiger partial charge in [-0.3, -0.25) is 9.59 Å². The number of amides is 1. The Morgan fingerprint density at radius 3 is 2.19 bits per heavy atom. The molecule has 0 aliphatic rings. The Labute approximate surface area is 97.6 Å². The largest absolute Gasteiger partial charge is 0.346 e. The third-order valence-electron chi connectivity index (χ3n) is 2.12. The van der Waals surface area contributed by atoms with E-state index in [0.717, 1.165) is 12.8 Å². The van der Waals surface area contributed by atoms with Gasteiger partial charge in [-0.05, 0) is 33.6 Å². The van der Waals surface area contributed by atoms with Crippen molar-refractivity contribution in [2.45, 2.75) is 40.5 Å². The van der Waals surface area contributed by atoms with Gasteiger partial charge in [-0.1, -0.05) is 23.3 Å². The van der Waals surface area contributed by atoms with Crippen molar-refractivity contribution in [2.75, 3.05) is 6.54 Å². The molecule has 0 aromatic carbocycles. The second-order valence-corrected chi connectivity index (χ2v) is 4.14. The molecular weight excluding hydrogens is 202 g/mol. The van der Waals surface area contributed by atoms with Gasteiger partial charge in [-0.25, -0.2) is 0 Å². The molecule has 0 radical (unpaired) electrons.